The van der Waals surface area contributed by atoms with Gasteiger partial charge in [-0.2, -0.15) is 4.31 Å². The average molecular weight is 448 g/mol. The third-order valence-corrected chi connectivity index (χ3v) is 8.20. The molecule has 10 heteroatoms. The third kappa shape index (κ3) is 4.90. The number of carbonyl (C=O) groups excluding carboxylic acids is 2. The number of rotatable bonds is 6. The molecule has 1 aliphatic carbocycles. The van der Waals surface area contributed by atoms with Crippen LogP contribution in [0, 0.1) is 5.92 Å². The van der Waals surface area contributed by atoms with Crippen LogP contribution >= 0.6 is 0 Å². The number of piperazine rings is 1. The van der Waals surface area contributed by atoms with Crippen LogP contribution in [0.1, 0.15) is 38.5 Å². The minimum atomic E-state index is -3.68. The second kappa shape index (κ2) is 9.35. The number of aromatic amines is 1. The Hall–Kier alpha value is -2.46. The molecule has 0 atom stereocenters. The van der Waals surface area contributed by atoms with Crippen molar-refractivity contribution in [1.29, 1.82) is 0 Å². The Morgan fingerprint density at radius 1 is 1.13 bits per heavy atom. The molecule has 2 fully saturated rings. The van der Waals surface area contributed by atoms with E-state index in [0.717, 1.165) is 12.8 Å². The van der Waals surface area contributed by atoms with E-state index in [-0.39, 0.29) is 36.3 Å². The maximum absolute atomic E-state index is 13.1. The van der Waals surface area contributed by atoms with E-state index in [1.807, 2.05) is 0 Å². The predicted octanol–water partition coefficient (Wildman–Crippen LogP) is 1.48. The maximum atomic E-state index is 13.1. The van der Waals surface area contributed by atoms with Gasteiger partial charge in [0.15, 0.2) is 0 Å². The van der Waals surface area contributed by atoms with E-state index in [4.69, 9.17) is 0 Å². The summed E-state index contributed by atoms with van der Waals surface area (Å²) in [6, 6.07) is 3.43. The van der Waals surface area contributed by atoms with E-state index < -0.39 is 10.0 Å². The Morgan fingerprint density at radius 2 is 1.87 bits per heavy atom. The zero-order chi connectivity index (χ0) is 21.8. The van der Waals surface area contributed by atoms with E-state index >= 15 is 0 Å². The van der Waals surface area contributed by atoms with Crippen molar-refractivity contribution in [1.82, 2.24) is 24.5 Å². The summed E-state index contributed by atoms with van der Waals surface area (Å²) in [7, 11) is -3.68. The lowest BCUT2D eigenvalue weighted by atomic mass is 9.87. The molecule has 0 spiro atoms. The van der Waals surface area contributed by atoms with Gasteiger partial charge in [-0.1, -0.05) is 19.3 Å². The fourth-order valence-electron chi connectivity index (χ4n) is 4.47. The van der Waals surface area contributed by atoms with Gasteiger partial charge in [-0.3, -0.25) is 9.59 Å². The van der Waals surface area contributed by atoms with E-state index in [9.17, 15) is 18.0 Å². The summed E-state index contributed by atoms with van der Waals surface area (Å²) in [6.45, 7) is 1.01. The van der Waals surface area contributed by atoms with E-state index in [1.165, 1.54) is 29.8 Å². The van der Waals surface area contributed by atoms with Gasteiger partial charge in [-0.05, 0) is 30.9 Å². The number of amides is 2. The lowest BCUT2D eigenvalue weighted by Gasteiger charge is -2.34. The molecule has 2 aromatic heterocycles. The van der Waals surface area contributed by atoms with Crippen molar-refractivity contribution in [2.24, 2.45) is 5.92 Å². The zero-order valence-electron chi connectivity index (χ0n) is 17.5. The molecule has 4 rings (SSSR count). The van der Waals surface area contributed by atoms with Crippen LogP contribution in [0.4, 0.5) is 0 Å². The van der Waals surface area contributed by atoms with Crippen LogP contribution in [0.25, 0.3) is 11.0 Å². The molecule has 3 heterocycles. The summed E-state index contributed by atoms with van der Waals surface area (Å²) in [5, 5.41) is 3.30. The Balaban J connectivity index is 1.28. The van der Waals surface area contributed by atoms with E-state index in [2.05, 4.69) is 15.3 Å². The van der Waals surface area contributed by atoms with Crippen LogP contribution in [0.2, 0.25) is 0 Å². The van der Waals surface area contributed by atoms with Crippen molar-refractivity contribution in [2.45, 2.75) is 43.4 Å². The monoisotopic (exact) mass is 447 g/mol. The molecule has 2 aliphatic rings. The van der Waals surface area contributed by atoms with Crippen molar-refractivity contribution in [3.05, 3.63) is 24.5 Å². The first-order valence-corrected chi connectivity index (χ1v) is 12.4. The molecule has 9 nitrogen and oxygen atoms in total. The fraction of sp³-hybridized carbons (Fsp3) is 0.571. The third-order valence-electron chi connectivity index (χ3n) is 6.26. The first-order chi connectivity index (χ1) is 14.9. The molecule has 1 aliphatic heterocycles. The molecular formula is C21H29N5O4S. The number of nitrogens with one attached hydrogen (secondary N) is 2. The first kappa shape index (κ1) is 21.8. The lowest BCUT2D eigenvalue weighted by Crippen LogP contribution is -2.52. The van der Waals surface area contributed by atoms with E-state index in [1.54, 1.807) is 23.2 Å². The minimum Gasteiger partial charge on any atom is -0.347 e. The Bertz CT molecular complexity index is 1040. The highest BCUT2D eigenvalue weighted by Gasteiger charge is 2.32. The number of aromatic nitrogens is 2. The molecule has 0 aromatic carbocycles. The molecule has 1 saturated carbocycles. The van der Waals surface area contributed by atoms with Gasteiger partial charge in [-0.25, -0.2) is 13.4 Å². The minimum absolute atomic E-state index is 0.0353. The van der Waals surface area contributed by atoms with Gasteiger partial charge >= 0.3 is 0 Å². The molecule has 1 saturated heterocycles. The summed E-state index contributed by atoms with van der Waals surface area (Å²) in [6.07, 6.45) is 9.33. The number of pyridine rings is 1. The number of carbonyl (C=O) groups is 2. The van der Waals surface area contributed by atoms with Gasteiger partial charge in [-0.15, -0.1) is 0 Å². The second-order valence-electron chi connectivity index (χ2n) is 8.32. The summed E-state index contributed by atoms with van der Waals surface area (Å²) >= 11 is 0. The maximum Gasteiger partial charge on any atom is 0.245 e. The number of nitrogens with zero attached hydrogens (tertiary/aromatic N) is 3. The van der Waals surface area contributed by atoms with Crippen molar-refractivity contribution in [3.63, 3.8) is 0 Å². The highest BCUT2D eigenvalue weighted by Crippen LogP contribution is 2.26. The molecule has 2 N–H and O–H groups in total. The Labute approximate surface area is 182 Å². The topological polar surface area (TPSA) is 115 Å². The van der Waals surface area contributed by atoms with Gasteiger partial charge in [0.2, 0.25) is 21.8 Å². The highest BCUT2D eigenvalue weighted by atomic mass is 32.2. The SMILES string of the molecule is O=C(CC1CCCCC1)NCC(=O)N1CCN(S(=O)(=O)c2c[nH]c3ncccc23)CC1. The average Bonchev–Trinajstić information content (AvgIpc) is 3.23. The first-order valence-electron chi connectivity index (χ1n) is 10.9. The van der Waals surface area contributed by atoms with Gasteiger partial charge in [0.1, 0.15) is 10.5 Å². The molecule has 0 unspecified atom stereocenters. The standard InChI is InChI=1S/C21H29N5O4S/c27-19(13-16-5-2-1-3-6-16)23-15-20(28)25-9-11-26(12-10-25)31(29,30)18-14-24-21-17(18)7-4-8-22-21/h4,7-8,14,16H,1-3,5-6,9-13,15H2,(H,22,24)(H,23,27). The van der Waals surface area contributed by atoms with Gasteiger partial charge < -0.3 is 15.2 Å². The van der Waals surface area contributed by atoms with Crippen LogP contribution in [0.15, 0.2) is 29.4 Å². The summed E-state index contributed by atoms with van der Waals surface area (Å²) in [5.41, 5.74) is 0.527. The second-order valence-corrected chi connectivity index (χ2v) is 10.2. The quantitative estimate of drug-likeness (QED) is 0.696. The smallest absolute Gasteiger partial charge is 0.245 e. The van der Waals surface area contributed by atoms with Crippen LogP contribution < -0.4 is 5.32 Å². The van der Waals surface area contributed by atoms with Crippen LogP contribution in [0.3, 0.4) is 0 Å². The molecule has 2 amide bonds. The molecule has 0 bridgehead atoms. The number of sulfonamides is 1. The summed E-state index contributed by atoms with van der Waals surface area (Å²) < 4.78 is 27.5. The molecule has 2 aromatic rings. The Kier molecular flexibility index (Phi) is 6.57. The Morgan fingerprint density at radius 3 is 2.61 bits per heavy atom. The molecule has 31 heavy (non-hydrogen) atoms. The van der Waals surface area contributed by atoms with Gasteiger partial charge in [0.05, 0.1) is 6.54 Å². The van der Waals surface area contributed by atoms with Crippen LogP contribution in [-0.2, 0) is 19.6 Å². The van der Waals surface area contributed by atoms with E-state index in [0.29, 0.717) is 36.5 Å². The van der Waals surface area contributed by atoms with Gasteiger partial charge in [0, 0.05) is 50.4 Å². The number of H-pyrrole nitrogens is 1. The van der Waals surface area contributed by atoms with Crippen LogP contribution in [0.5, 0.6) is 0 Å². The van der Waals surface area contributed by atoms with Crippen molar-refractivity contribution in [3.8, 4) is 0 Å². The van der Waals surface area contributed by atoms with Crippen molar-refractivity contribution < 1.29 is 18.0 Å². The predicted molar refractivity (Wildman–Crippen MR) is 116 cm³/mol. The number of hydrogen-bond acceptors (Lipinski definition) is 5. The lowest BCUT2D eigenvalue weighted by molar-refractivity contribution is -0.134. The largest absolute Gasteiger partial charge is 0.347 e. The number of hydrogen-bond donors (Lipinski definition) is 2. The van der Waals surface area contributed by atoms with Crippen molar-refractivity contribution >= 4 is 32.9 Å². The molecular weight excluding hydrogens is 418 g/mol. The van der Waals surface area contributed by atoms with Crippen LogP contribution in [-0.4, -0.2) is 72.1 Å². The number of fused-ring (bicyclic) bond motifs is 1. The zero-order valence-corrected chi connectivity index (χ0v) is 18.4. The highest BCUT2D eigenvalue weighted by molar-refractivity contribution is 7.89. The summed E-state index contributed by atoms with van der Waals surface area (Å²) in [5.74, 6) is 0.178. The fourth-order valence-corrected chi connectivity index (χ4v) is 6.05. The van der Waals surface area contributed by atoms with Gasteiger partial charge in [0.25, 0.3) is 0 Å². The normalized spacial score (nSPS) is 18.9. The molecule has 0 radical (unpaired) electrons. The summed E-state index contributed by atoms with van der Waals surface area (Å²) in [4.78, 5) is 33.5. The molecule has 168 valence electrons. The van der Waals surface area contributed by atoms with Crippen molar-refractivity contribution in [2.75, 3.05) is 32.7 Å².